The van der Waals surface area contributed by atoms with Gasteiger partial charge in [-0.2, -0.15) is 0 Å². The fraction of sp³-hybridized carbons (Fsp3) is 0.643. The number of hydrogen-bond acceptors (Lipinski definition) is 0. The van der Waals surface area contributed by atoms with Crippen LogP contribution < -0.4 is 0 Å². The van der Waals surface area contributed by atoms with Gasteiger partial charge in [0.25, 0.3) is 0 Å². The zero-order chi connectivity index (χ0) is 20.3. The quantitative estimate of drug-likeness (QED) is 0.393. The first-order valence-electron chi connectivity index (χ1n) is 12.2. The fourth-order valence-corrected chi connectivity index (χ4v) is 5.41. The summed E-state index contributed by atoms with van der Waals surface area (Å²) in [7, 11) is 0. The van der Waals surface area contributed by atoms with Crippen molar-refractivity contribution in [2.24, 2.45) is 23.7 Å². The SMILES string of the molecule is CCCC[C@H]1CC[C@H](CC[C@H]2CC[C@H](C=CC#Cc3ccc(Cl)cc3)CC2)CC1. The molecule has 0 N–H and O–H groups in total. The van der Waals surface area contributed by atoms with E-state index in [-0.39, 0.29) is 0 Å². The van der Waals surface area contributed by atoms with E-state index in [2.05, 4.69) is 30.9 Å². The van der Waals surface area contributed by atoms with Crippen LogP contribution in [0.25, 0.3) is 0 Å². The molecule has 158 valence electrons. The van der Waals surface area contributed by atoms with Crippen molar-refractivity contribution in [3.63, 3.8) is 0 Å². The lowest BCUT2D eigenvalue weighted by Crippen LogP contribution is -2.17. The smallest absolute Gasteiger partial charge is 0.0406 e. The van der Waals surface area contributed by atoms with Crippen LogP contribution in [-0.2, 0) is 0 Å². The monoisotopic (exact) mass is 410 g/mol. The molecular weight excluding hydrogens is 372 g/mol. The van der Waals surface area contributed by atoms with Crippen molar-refractivity contribution >= 4 is 11.6 Å². The van der Waals surface area contributed by atoms with Crippen LogP contribution >= 0.6 is 11.6 Å². The fourth-order valence-electron chi connectivity index (χ4n) is 5.28. The maximum absolute atomic E-state index is 5.91. The van der Waals surface area contributed by atoms with Crippen LogP contribution in [0.4, 0.5) is 0 Å². The first-order chi connectivity index (χ1) is 14.2. The van der Waals surface area contributed by atoms with Crippen LogP contribution in [0.15, 0.2) is 36.4 Å². The Hall–Kier alpha value is -1.19. The zero-order valence-electron chi connectivity index (χ0n) is 18.3. The molecule has 2 fully saturated rings. The Morgan fingerprint density at radius 3 is 1.97 bits per heavy atom. The molecule has 1 heteroatoms. The van der Waals surface area contributed by atoms with Gasteiger partial charge in [0.05, 0.1) is 0 Å². The molecule has 3 rings (SSSR count). The van der Waals surface area contributed by atoms with E-state index in [0.717, 1.165) is 34.3 Å². The number of hydrogen-bond donors (Lipinski definition) is 0. The molecule has 0 atom stereocenters. The Bertz CT molecular complexity index is 659. The van der Waals surface area contributed by atoms with Crippen molar-refractivity contribution < 1.29 is 0 Å². The summed E-state index contributed by atoms with van der Waals surface area (Å²) in [4.78, 5) is 0. The van der Waals surface area contributed by atoms with E-state index < -0.39 is 0 Å². The molecule has 0 aliphatic heterocycles. The van der Waals surface area contributed by atoms with Crippen molar-refractivity contribution in [2.45, 2.75) is 90.4 Å². The van der Waals surface area contributed by atoms with Crippen molar-refractivity contribution in [2.75, 3.05) is 0 Å². The Morgan fingerprint density at radius 1 is 0.828 bits per heavy atom. The van der Waals surface area contributed by atoms with Crippen molar-refractivity contribution in [3.05, 3.63) is 47.0 Å². The first-order valence-corrected chi connectivity index (χ1v) is 12.5. The number of allylic oxidation sites excluding steroid dienone is 2. The van der Waals surface area contributed by atoms with Crippen molar-refractivity contribution in [1.82, 2.24) is 0 Å². The molecule has 2 aliphatic rings. The summed E-state index contributed by atoms with van der Waals surface area (Å²) in [6.45, 7) is 2.32. The van der Waals surface area contributed by atoms with Crippen LogP contribution in [0.5, 0.6) is 0 Å². The Kier molecular flexibility index (Phi) is 9.69. The second kappa shape index (κ2) is 12.5. The number of rotatable bonds is 7. The summed E-state index contributed by atoms with van der Waals surface area (Å²) in [5.74, 6) is 10.2. The molecule has 0 spiro atoms. The molecule has 2 aliphatic carbocycles. The predicted molar refractivity (Wildman–Crippen MR) is 127 cm³/mol. The van der Waals surface area contributed by atoms with E-state index in [4.69, 9.17) is 11.6 Å². The van der Waals surface area contributed by atoms with Gasteiger partial charge in [0.15, 0.2) is 0 Å². The minimum absolute atomic E-state index is 0.736. The highest BCUT2D eigenvalue weighted by Crippen LogP contribution is 2.37. The Morgan fingerprint density at radius 2 is 1.38 bits per heavy atom. The number of unbranched alkanes of at least 4 members (excludes halogenated alkanes) is 1. The molecule has 1 aromatic rings. The van der Waals surface area contributed by atoms with Gasteiger partial charge in [-0.25, -0.2) is 0 Å². The highest BCUT2D eigenvalue weighted by atomic mass is 35.5. The molecule has 0 saturated heterocycles. The van der Waals surface area contributed by atoms with Gasteiger partial charge in [-0.15, -0.1) is 0 Å². The second-order valence-corrected chi connectivity index (χ2v) is 9.96. The highest BCUT2D eigenvalue weighted by molar-refractivity contribution is 6.30. The standard InChI is InChI=1S/C28H39Cl/c1-2-3-6-23-9-13-26(14-10-23)17-18-27-15-11-24(12-16-27)7-4-5-8-25-19-21-28(29)22-20-25/h4,7,19-24,26-27H,2-3,6,9-18H2,1H3/t23-,24-,26-,27-. The van der Waals surface area contributed by atoms with E-state index in [9.17, 15) is 0 Å². The van der Waals surface area contributed by atoms with Gasteiger partial charge in [0, 0.05) is 10.6 Å². The molecular formula is C28H39Cl. The third-order valence-electron chi connectivity index (χ3n) is 7.32. The average molecular weight is 411 g/mol. The van der Waals surface area contributed by atoms with Gasteiger partial charge in [-0.3, -0.25) is 0 Å². The van der Waals surface area contributed by atoms with E-state index >= 15 is 0 Å². The summed E-state index contributed by atoms with van der Waals surface area (Å²) >= 11 is 5.91. The normalized spacial score (nSPS) is 27.5. The van der Waals surface area contributed by atoms with Crippen molar-refractivity contribution in [1.29, 1.82) is 0 Å². The third-order valence-corrected chi connectivity index (χ3v) is 7.57. The van der Waals surface area contributed by atoms with Crippen LogP contribution in [0.3, 0.4) is 0 Å². The Balaban J connectivity index is 1.29. The molecule has 0 heterocycles. The molecule has 0 radical (unpaired) electrons. The van der Waals surface area contributed by atoms with E-state index in [1.807, 2.05) is 24.3 Å². The maximum Gasteiger partial charge on any atom is 0.0406 e. The Labute approximate surface area is 184 Å². The molecule has 0 unspecified atom stereocenters. The van der Waals surface area contributed by atoms with Crippen LogP contribution in [0.1, 0.15) is 96.0 Å². The maximum atomic E-state index is 5.91. The molecule has 0 amide bonds. The lowest BCUT2D eigenvalue weighted by Gasteiger charge is -2.31. The summed E-state index contributed by atoms with van der Waals surface area (Å²) in [6, 6.07) is 7.75. The van der Waals surface area contributed by atoms with Gasteiger partial charge in [-0.1, -0.05) is 94.2 Å². The summed E-state index contributed by atoms with van der Waals surface area (Å²) in [5, 5.41) is 0.766. The number of benzene rings is 1. The van der Waals surface area contributed by atoms with Gasteiger partial charge < -0.3 is 0 Å². The second-order valence-electron chi connectivity index (χ2n) is 9.52. The predicted octanol–water partition coefficient (Wildman–Crippen LogP) is 8.83. The molecule has 0 bridgehead atoms. The van der Waals surface area contributed by atoms with E-state index in [1.165, 1.54) is 83.5 Å². The first kappa shape index (κ1) is 22.5. The molecule has 0 nitrogen and oxygen atoms in total. The van der Waals surface area contributed by atoms with Gasteiger partial charge >= 0.3 is 0 Å². The summed E-state index contributed by atoms with van der Waals surface area (Å²) in [6.07, 6.45) is 23.3. The van der Waals surface area contributed by atoms with Crippen LogP contribution in [0.2, 0.25) is 5.02 Å². The lowest BCUT2D eigenvalue weighted by molar-refractivity contribution is 0.220. The summed E-state index contributed by atoms with van der Waals surface area (Å²) < 4.78 is 0. The number of halogens is 1. The van der Waals surface area contributed by atoms with E-state index in [0.29, 0.717) is 0 Å². The minimum atomic E-state index is 0.736. The largest absolute Gasteiger partial charge is 0.0843 e. The molecule has 0 aromatic heterocycles. The zero-order valence-corrected chi connectivity index (χ0v) is 19.1. The van der Waals surface area contributed by atoms with Crippen molar-refractivity contribution in [3.8, 4) is 11.8 Å². The topological polar surface area (TPSA) is 0 Å². The summed E-state index contributed by atoms with van der Waals surface area (Å²) in [5.41, 5.74) is 1.03. The lowest BCUT2D eigenvalue weighted by atomic mass is 9.75. The molecule has 29 heavy (non-hydrogen) atoms. The molecule has 2 saturated carbocycles. The third kappa shape index (κ3) is 8.22. The average Bonchev–Trinajstić information content (AvgIpc) is 2.76. The van der Waals surface area contributed by atoms with Gasteiger partial charge in [-0.05, 0) is 79.7 Å². The van der Waals surface area contributed by atoms with Crippen LogP contribution in [0, 0.1) is 35.5 Å². The van der Waals surface area contributed by atoms with Crippen LogP contribution in [-0.4, -0.2) is 0 Å². The minimum Gasteiger partial charge on any atom is -0.0843 e. The highest BCUT2D eigenvalue weighted by Gasteiger charge is 2.23. The van der Waals surface area contributed by atoms with E-state index in [1.54, 1.807) is 0 Å². The van der Waals surface area contributed by atoms with Gasteiger partial charge in [0.2, 0.25) is 0 Å². The van der Waals surface area contributed by atoms with Gasteiger partial charge in [0.1, 0.15) is 0 Å². The molecule has 1 aromatic carbocycles.